The molecule has 1 aromatic rings. The van der Waals surface area contributed by atoms with Crippen LogP contribution in [0.1, 0.15) is 57.1 Å². The fourth-order valence-electron chi connectivity index (χ4n) is 4.23. The summed E-state index contributed by atoms with van der Waals surface area (Å²) in [5, 5.41) is 6.41. The van der Waals surface area contributed by atoms with Gasteiger partial charge in [-0.25, -0.2) is 9.18 Å². The van der Waals surface area contributed by atoms with Crippen LogP contribution in [-0.2, 0) is 4.79 Å². The van der Waals surface area contributed by atoms with Crippen LogP contribution in [0.15, 0.2) is 18.2 Å². The number of hydrogen-bond donors (Lipinski definition) is 2. The Hall–Kier alpha value is -1.82. The fraction of sp³-hybridized carbons (Fsp3) is 0.600. The molecule has 1 saturated heterocycles. The van der Waals surface area contributed by atoms with Crippen LogP contribution in [0.5, 0.6) is 0 Å². The lowest BCUT2D eigenvalue weighted by molar-refractivity contribution is -0.129. The minimum absolute atomic E-state index is 0.0425. The number of nitrogens with one attached hydrogen (secondary N) is 2. The van der Waals surface area contributed by atoms with Crippen molar-refractivity contribution in [2.24, 2.45) is 5.92 Å². The van der Waals surface area contributed by atoms with Gasteiger partial charge in [0.05, 0.1) is 6.04 Å². The predicted molar refractivity (Wildman–Crippen MR) is 103 cm³/mol. The number of amides is 3. The molecule has 2 N–H and O–H groups in total. The number of rotatable bonds is 4. The average Bonchev–Trinajstić information content (AvgIpc) is 3.13. The van der Waals surface area contributed by atoms with Gasteiger partial charge in [0.25, 0.3) is 0 Å². The highest BCUT2D eigenvalue weighted by atomic mass is 35.5. The zero-order valence-electron chi connectivity index (χ0n) is 15.6. The number of nitrogens with zero attached hydrogens (tertiary/aromatic N) is 1. The maximum atomic E-state index is 13.8. The van der Waals surface area contributed by atoms with E-state index in [1.54, 1.807) is 17.9 Å². The van der Waals surface area contributed by atoms with E-state index in [4.69, 9.17) is 11.6 Å². The minimum Gasteiger partial charge on any atom is -0.343 e. The Morgan fingerprint density at radius 3 is 2.41 bits per heavy atom. The van der Waals surface area contributed by atoms with E-state index in [9.17, 15) is 14.0 Å². The molecule has 1 saturated carbocycles. The van der Waals surface area contributed by atoms with Crippen LogP contribution in [0, 0.1) is 11.7 Å². The topological polar surface area (TPSA) is 61.4 Å². The first-order chi connectivity index (χ1) is 12.9. The molecule has 3 rings (SSSR count). The second-order valence-electron chi connectivity index (χ2n) is 7.62. The summed E-state index contributed by atoms with van der Waals surface area (Å²) in [7, 11) is 0. The van der Waals surface area contributed by atoms with Gasteiger partial charge >= 0.3 is 6.03 Å². The van der Waals surface area contributed by atoms with Gasteiger partial charge in [-0.05, 0) is 55.4 Å². The van der Waals surface area contributed by atoms with Gasteiger partial charge in [-0.3, -0.25) is 4.79 Å². The molecule has 2 aliphatic rings. The van der Waals surface area contributed by atoms with Crippen molar-refractivity contribution in [3.63, 3.8) is 0 Å². The normalized spacial score (nSPS) is 19.7. The molecule has 0 spiro atoms. The molecule has 1 aromatic carbocycles. The first-order valence-corrected chi connectivity index (χ1v) is 10.1. The lowest BCUT2D eigenvalue weighted by Crippen LogP contribution is -2.49. The van der Waals surface area contributed by atoms with Crippen molar-refractivity contribution in [3.8, 4) is 0 Å². The van der Waals surface area contributed by atoms with E-state index in [-0.39, 0.29) is 35.8 Å². The van der Waals surface area contributed by atoms with Crippen LogP contribution in [0.2, 0.25) is 5.02 Å². The van der Waals surface area contributed by atoms with Crippen LogP contribution in [0.3, 0.4) is 0 Å². The van der Waals surface area contributed by atoms with E-state index in [1.807, 2.05) is 0 Å². The third-order valence-corrected chi connectivity index (χ3v) is 5.90. The smallest absolute Gasteiger partial charge is 0.315 e. The van der Waals surface area contributed by atoms with Crippen molar-refractivity contribution in [2.75, 3.05) is 13.1 Å². The summed E-state index contributed by atoms with van der Waals surface area (Å²) in [6, 6.07) is 4.02. The molecule has 7 heteroatoms. The highest BCUT2D eigenvalue weighted by Crippen LogP contribution is 2.36. The van der Waals surface area contributed by atoms with Gasteiger partial charge in [0, 0.05) is 31.1 Å². The number of hydrogen-bond acceptors (Lipinski definition) is 2. The summed E-state index contributed by atoms with van der Waals surface area (Å²) in [5.41, 5.74) is 0.716. The Bertz CT molecular complexity index is 666. The van der Waals surface area contributed by atoms with Crippen molar-refractivity contribution in [1.82, 2.24) is 15.5 Å². The summed E-state index contributed by atoms with van der Waals surface area (Å²) in [5.74, 6) is -0.0327. The molecule has 148 valence electrons. The van der Waals surface area contributed by atoms with Crippen LogP contribution in [0.4, 0.5) is 9.18 Å². The Kier molecular flexibility index (Phi) is 6.58. The monoisotopic (exact) mass is 395 g/mol. The third-order valence-electron chi connectivity index (χ3n) is 5.68. The van der Waals surface area contributed by atoms with Gasteiger partial charge in [0.15, 0.2) is 0 Å². The van der Waals surface area contributed by atoms with Crippen molar-refractivity contribution in [1.29, 1.82) is 0 Å². The molecule has 0 radical (unpaired) electrons. The molecule has 5 nitrogen and oxygen atoms in total. The number of benzene rings is 1. The molecule has 1 heterocycles. The van der Waals surface area contributed by atoms with E-state index >= 15 is 0 Å². The Morgan fingerprint density at radius 1 is 1.15 bits per heavy atom. The van der Waals surface area contributed by atoms with E-state index in [0.717, 1.165) is 38.5 Å². The highest BCUT2D eigenvalue weighted by molar-refractivity contribution is 6.30. The van der Waals surface area contributed by atoms with Crippen LogP contribution < -0.4 is 10.6 Å². The Balaban J connectivity index is 1.63. The third kappa shape index (κ3) is 5.34. The lowest BCUT2D eigenvalue weighted by Gasteiger charge is -2.32. The first-order valence-electron chi connectivity index (χ1n) is 9.71. The standard InChI is InChI=1S/C20H27ClFN3O2/c1-13(26)25-8-6-18(7-9-25)23-20(27)24-19(14-4-2-3-5-14)15-10-16(21)12-17(22)11-15/h10-12,14,18-19H,2-9H2,1H3,(H2,23,24,27). The first kappa shape index (κ1) is 19.9. The summed E-state index contributed by atoms with van der Waals surface area (Å²) in [4.78, 5) is 25.8. The SMILES string of the molecule is CC(=O)N1CCC(NC(=O)NC(c2cc(F)cc(Cl)c2)C2CCCC2)CC1. The van der Waals surface area contributed by atoms with E-state index in [2.05, 4.69) is 10.6 Å². The van der Waals surface area contributed by atoms with Crippen LogP contribution >= 0.6 is 11.6 Å². The molecule has 0 bridgehead atoms. The molecule has 0 aromatic heterocycles. The van der Waals surface area contributed by atoms with Gasteiger partial charge in [0.2, 0.25) is 5.91 Å². The fourth-order valence-corrected chi connectivity index (χ4v) is 4.46. The summed E-state index contributed by atoms with van der Waals surface area (Å²) in [6.45, 7) is 2.88. The zero-order valence-corrected chi connectivity index (χ0v) is 16.4. The number of halogens is 2. The van der Waals surface area contributed by atoms with Gasteiger partial charge in [0.1, 0.15) is 5.82 Å². The maximum Gasteiger partial charge on any atom is 0.315 e. The summed E-state index contributed by atoms with van der Waals surface area (Å²) >= 11 is 6.03. The Morgan fingerprint density at radius 2 is 1.81 bits per heavy atom. The molecule has 1 atom stereocenters. The van der Waals surface area contributed by atoms with Crippen molar-refractivity contribution in [3.05, 3.63) is 34.6 Å². The van der Waals surface area contributed by atoms with Crippen molar-refractivity contribution >= 4 is 23.5 Å². The van der Waals surface area contributed by atoms with Crippen molar-refractivity contribution < 1.29 is 14.0 Å². The van der Waals surface area contributed by atoms with E-state index in [1.165, 1.54) is 12.1 Å². The molecular weight excluding hydrogens is 369 g/mol. The average molecular weight is 396 g/mol. The predicted octanol–water partition coefficient (Wildman–Crippen LogP) is 4.02. The maximum absolute atomic E-state index is 13.8. The number of carbonyl (C=O) groups excluding carboxylic acids is 2. The Labute approximate surface area is 164 Å². The molecule has 1 aliphatic heterocycles. The number of carbonyl (C=O) groups is 2. The second kappa shape index (κ2) is 8.91. The quantitative estimate of drug-likeness (QED) is 0.808. The van der Waals surface area contributed by atoms with Crippen molar-refractivity contribution in [2.45, 2.75) is 57.5 Å². The van der Waals surface area contributed by atoms with Gasteiger partial charge < -0.3 is 15.5 Å². The van der Waals surface area contributed by atoms with Gasteiger partial charge in [-0.1, -0.05) is 24.4 Å². The lowest BCUT2D eigenvalue weighted by atomic mass is 9.91. The molecule has 1 unspecified atom stereocenters. The zero-order chi connectivity index (χ0) is 19.4. The minimum atomic E-state index is -0.390. The summed E-state index contributed by atoms with van der Waals surface area (Å²) < 4.78 is 13.8. The second-order valence-corrected chi connectivity index (χ2v) is 8.06. The van der Waals surface area contributed by atoms with Gasteiger partial charge in [-0.15, -0.1) is 0 Å². The molecule has 27 heavy (non-hydrogen) atoms. The highest BCUT2D eigenvalue weighted by Gasteiger charge is 2.29. The van der Waals surface area contributed by atoms with Gasteiger partial charge in [-0.2, -0.15) is 0 Å². The van der Waals surface area contributed by atoms with E-state index in [0.29, 0.717) is 23.7 Å². The van der Waals surface area contributed by atoms with Crippen LogP contribution in [-0.4, -0.2) is 36.0 Å². The number of urea groups is 1. The molecule has 3 amide bonds. The molecule has 1 aliphatic carbocycles. The number of piperidine rings is 1. The molecule has 2 fully saturated rings. The van der Waals surface area contributed by atoms with E-state index < -0.39 is 0 Å². The molecular formula is C20H27ClFN3O2. The number of likely N-dealkylation sites (tertiary alicyclic amines) is 1. The summed E-state index contributed by atoms with van der Waals surface area (Å²) in [6.07, 6.45) is 5.75. The van der Waals surface area contributed by atoms with Crippen LogP contribution in [0.25, 0.3) is 0 Å². The largest absolute Gasteiger partial charge is 0.343 e.